The first-order chi connectivity index (χ1) is 13.7. The molecule has 0 spiro atoms. The van der Waals surface area contributed by atoms with Crippen LogP contribution < -0.4 is 0 Å². The maximum Gasteiger partial charge on any atom is 0.227 e. The van der Waals surface area contributed by atoms with Gasteiger partial charge in [0.2, 0.25) is 5.91 Å². The number of likely N-dealkylation sites (tertiary alicyclic amines) is 1. The zero-order chi connectivity index (χ0) is 19.3. The normalized spacial score (nSPS) is 19.3. The van der Waals surface area contributed by atoms with Crippen LogP contribution in [0.5, 0.6) is 0 Å². The third-order valence-corrected chi connectivity index (χ3v) is 5.44. The number of amides is 1. The fourth-order valence-electron chi connectivity index (χ4n) is 4.07. The van der Waals surface area contributed by atoms with Gasteiger partial charge in [-0.1, -0.05) is 72.8 Å². The number of benzene rings is 2. The van der Waals surface area contributed by atoms with E-state index in [1.54, 1.807) is 0 Å². The second-order valence-electron chi connectivity index (χ2n) is 7.51. The van der Waals surface area contributed by atoms with Gasteiger partial charge in [0.05, 0.1) is 11.6 Å². The third-order valence-electron chi connectivity index (χ3n) is 5.44. The molecule has 1 aliphatic rings. The lowest BCUT2D eigenvalue weighted by molar-refractivity contribution is -0.131. The largest absolute Gasteiger partial charge is 0.337 e. The Morgan fingerprint density at radius 1 is 1.04 bits per heavy atom. The molecule has 1 fully saturated rings. The first kappa shape index (κ1) is 18.4. The van der Waals surface area contributed by atoms with Crippen molar-refractivity contribution < 1.29 is 4.79 Å². The van der Waals surface area contributed by atoms with Crippen LogP contribution in [0.2, 0.25) is 0 Å². The molecule has 0 unspecified atom stereocenters. The van der Waals surface area contributed by atoms with Gasteiger partial charge >= 0.3 is 0 Å². The molecule has 1 aliphatic heterocycles. The van der Waals surface area contributed by atoms with Crippen molar-refractivity contribution in [2.24, 2.45) is 5.92 Å². The van der Waals surface area contributed by atoms with Gasteiger partial charge in [-0.25, -0.2) is 0 Å². The van der Waals surface area contributed by atoms with Crippen LogP contribution in [-0.2, 0) is 24.3 Å². The van der Waals surface area contributed by atoms with Gasteiger partial charge in [0, 0.05) is 38.2 Å². The lowest BCUT2D eigenvalue weighted by atomic mass is 9.86. The molecule has 2 heterocycles. The number of nitrogens with zero attached hydrogens (tertiary/aromatic N) is 4. The molecule has 1 amide bonds. The van der Waals surface area contributed by atoms with Gasteiger partial charge in [-0.05, 0) is 17.5 Å². The summed E-state index contributed by atoms with van der Waals surface area (Å²) in [6.45, 7) is 4.37. The molecule has 0 radical (unpaired) electrons. The highest BCUT2D eigenvalue weighted by Crippen LogP contribution is 2.36. The lowest BCUT2D eigenvalue weighted by Crippen LogP contribution is -2.27. The summed E-state index contributed by atoms with van der Waals surface area (Å²) in [5, 5.41) is 8.51. The van der Waals surface area contributed by atoms with Crippen LogP contribution >= 0.6 is 0 Å². The first-order valence-corrected chi connectivity index (χ1v) is 10.0. The van der Waals surface area contributed by atoms with Gasteiger partial charge in [0.1, 0.15) is 0 Å². The van der Waals surface area contributed by atoms with E-state index in [9.17, 15) is 4.79 Å². The quantitative estimate of drug-likeness (QED) is 0.634. The molecule has 0 saturated carbocycles. The van der Waals surface area contributed by atoms with E-state index in [0.29, 0.717) is 13.0 Å². The van der Waals surface area contributed by atoms with Crippen molar-refractivity contribution in [1.82, 2.24) is 19.9 Å². The van der Waals surface area contributed by atoms with Crippen LogP contribution in [-0.4, -0.2) is 32.3 Å². The summed E-state index contributed by atoms with van der Waals surface area (Å²) in [5.41, 5.74) is 3.28. The van der Waals surface area contributed by atoms with E-state index in [2.05, 4.69) is 41.5 Å². The topological polar surface area (TPSA) is 51.0 Å². The fourth-order valence-corrected chi connectivity index (χ4v) is 4.07. The Balaban J connectivity index is 1.57. The van der Waals surface area contributed by atoms with Gasteiger partial charge in [-0.3, -0.25) is 9.48 Å². The predicted octanol–water partition coefficient (Wildman–Crippen LogP) is 3.67. The molecule has 144 valence electrons. The smallest absolute Gasteiger partial charge is 0.227 e. The molecule has 0 bridgehead atoms. The molecular weight excluding hydrogens is 348 g/mol. The second-order valence-corrected chi connectivity index (χ2v) is 7.51. The van der Waals surface area contributed by atoms with E-state index in [0.717, 1.165) is 30.8 Å². The van der Waals surface area contributed by atoms with Crippen molar-refractivity contribution in [3.63, 3.8) is 0 Å². The van der Waals surface area contributed by atoms with E-state index in [1.165, 1.54) is 5.56 Å². The summed E-state index contributed by atoms with van der Waals surface area (Å²) in [6, 6.07) is 20.6. The lowest BCUT2D eigenvalue weighted by Gasteiger charge is -2.16. The molecule has 2 atom stereocenters. The number of aromatic nitrogens is 3. The molecule has 4 rings (SSSR count). The van der Waals surface area contributed by atoms with Crippen molar-refractivity contribution >= 4 is 5.91 Å². The van der Waals surface area contributed by atoms with E-state index in [4.69, 9.17) is 0 Å². The molecule has 5 heteroatoms. The van der Waals surface area contributed by atoms with E-state index >= 15 is 0 Å². The number of carbonyl (C=O) groups is 1. The van der Waals surface area contributed by atoms with Crippen LogP contribution in [0.1, 0.15) is 36.1 Å². The van der Waals surface area contributed by atoms with Crippen molar-refractivity contribution in [2.75, 3.05) is 6.54 Å². The van der Waals surface area contributed by atoms with Crippen LogP contribution in [0.15, 0.2) is 66.9 Å². The SMILES string of the molecule is CCCn1cc(C[C@@H]2C(=O)N(Cc3ccccc3)C[C@H]2c2ccccc2)nn1. The zero-order valence-corrected chi connectivity index (χ0v) is 16.2. The molecule has 0 aliphatic carbocycles. The Morgan fingerprint density at radius 2 is 1.75 bits per heavy atom. The van der Waals surface area contributed by atoms with Gasteiger partial charge in [-0.15, -0.1) is 5.10 Å². The fraction of sp³-hybridized carbons (Fsp3) is 0.348. The molecule has 5 nitrogen and oxygen atoms in total. The number of rotatable bonds is 7. The van der Waals surface area contributed by atoms with Crippen LogP contribution in [0.25, 0.3) is 0 Å². The van der Waals surface area contributed by atoms with Crippen molar-refractivity contribution in [1.29, 1.82) is 0 Å². The number of carbonyl (C=O) groups excluding carboxylic acids is 1. The zero-order valence-electron chi connectivity index (χ0n) is 16.2. The first-order valence-electron chi connectivity index (χ1n) is 10.0. The summed E-state index contributed by atoms with van der Waals surface area (Å²) in [4.78, 5) is 15.3. The average Bonchev–Trinajstić information content (AvgIpc) is 3.29. The standard InChI is InChI=1S/C23H26N4O/c1-2-13-27-16-20(24-25-27)14-21-22(19-11-7-4-8-12-19)17-26(23(21)28)15-18-9-5-3-6-10-18/h3-12,16,21-22H,2,13-15,17H2,1H3/t21-,22-/m0/s1. The number of hydrogen-bond acceptors (Lipinski definition) is 3. The molecule has 28 heavy (non-hydrogen) atoms. The molecule has 1 saturated heterocycles. The molecule has 2 aromatic carbocycles. The summed E-state index contributed by atoms with van der Waals surface area (Å²) < 4.78 is 1.87. The van der Waals surface area contributed by atoms with Crippen LogP contribution in [0.4, 0.5) is 0 Å². The average molecular weight is 374 g/mol. The molecule has 1 aromatic heterocycles. The highest BCUT2D eigenvalue weighted by atomic mass is 16.2. The Kier molecular flexibility index (Phi) is 5.51. The van der Waals surface area contributed by atoms with E-state index < -0.39 is 0 Å². The summed E-state index contributed by atoms with van der Waals surface area (Å²) in [6.07, 6.45) is 3.63. The number of hydrogen-bond donors (Lipinski definition) is 0. The predicted molar refractivity (Wildman–Crippen MR) is 109 cm³/mol. The monoisotopic (exact) mass is 374 g/mol. The Morgan fingerprint density at radius 3 is 2.46 bits per heavy atom. The van der Waals surface area contributed by atoms with E-state index in [1.807, 2.05) is 52.2 Å². The minimum Gasteiger partial charge on any atom is -0.337 e. The molecular formula is C23H26N4O. The van der Waals surface area contributed by atoms with Gasteiger partial charge in [0.25, 0.3) is 0 Å². The minimum absolute atomic E-state index is 0.0992. The van der Waals surface area contributed by atoms with Crippen molar-refractivity contribution in [3.05, 3.63) is 83.7 Å². The number of aryl methyl sites for hydroxylation is 1. The second kappa shape index (κ2) is 8.38. The molecule has 3 aromatic rings. The Bertz CT molecular complexity index is 907. The van der Waals surface area contributed by atoms with Gasteiger partial charge < -0.3 is 4.90 Å². The van der Waals surface area contributed by atoms with E-state index in [-0.39, 0.29) is 17.7 Å². The highest BCUT2D eigenvalue weighted by Gasteiger charge is 2.41. The summed E-state index contributed by atoms with van der Waals surface area (Å²) >= 11 is 0. The third kappa shape index (κ3) is 3.98. The summed E-state index contributed by atoms with van der Waals surface area (Å²) in [5.74, 6) is 0.286. The minimum atomic E-state index is -0.0992. The Labute approximate surface area is 166 Å². The van der Waals surface area contributed by atoms with Crippen molar-refractivity contribution in [2.45, 2.75) is 38.8 Å². The van der Waals surface area contributed by atoms with Gasteiger partial charge in [-0.2, -0.15) is 0 Å². The van der Waals surface area contributed by atoms with Crippen molar-refractivity contribution in [3.8, 4) is 0 Å². The maximum atomic E-state index is 13.3. The van der Waals surface area contributed by atoms with Gasteiger partial charge in [0.15, 0.2) is 0 Å². The van der Waals surface area contributed by atoms with Crippen LogP contribution in [0.3, 0.4) is 0 Å². The molecule has 0 N–H and O–H groups in total. The summed E-state index contributed by atoms with van der Waals surface area (Å²) in [7, 11) is 0. The highest BCUT2D eigenvalue weighted by molar-refractivity contribution is 5.83. The Hall–Kier alpha value is -2.95. The maximum absolute atomic E-state index is 13.3. The van der Waals surface area contributed by atoms with Crippen LogP contribution in [0, 0.1) is 5.92 Å².